The molecule has 0 saturated heterocycles. The maximum atomic E-state index is 11.0. The summed E-state index contributed by atoms with van der Waals surface area (Å²) in [5, 5.41) is 0. The number of methoxy groups -OCH3 is 1. The molecule has 0 spiro atoms. The molecular formula is C10H15NO2. The molecule has 0 amide bonds. The van der Waals surface area contributed by atoms with Crippen LogP contribution >= 0.6 is 0 Å². The lowest BCUT2D eigenvalue weighted by Gasteiger charge is -2.15. The van der Waals surface area contributed by atoms with Crippen LogP contribution in [0, 0.1) is 5.92 Å². The highest BCUT2D eigenvalue weighted by molar-refractivity contribution is 5.72. The third kappa shape index (κ3) is 3.03. The molecule has 2 N–H and O–H groups in total. The van der Waals surface area contributed by atoms with E-state index in [1.165, 1.54) is 7.11 Å². The van der Waals surface area contributed by atoms with Crippen LogP contribution in [0.3, 0.4) is 0 Å². The normalized spacial score (nSPS) is 21.1. The number of rotatable bonds is 3. The van der Waals surface area contributed by atoms with Gasteiger partial charge in [0, 0.05) is 0 Å². The van der Waals surface area contributed by atoms with Gasteiger partial charge in [-0.15, -0.1) is 0 Å². The maximum Gasteiger partial charge on any atom is 0.309 e. The van der Waals surface area contributed by atoms with Gasteiger partial charge in [0.15, 0.2) is 0 Å². The number of hydrogen-bond donors (Lipinski definition) is 1. The fraction of sp³-hybridized carbons (Fsp3) is 0.500. The van der Waals surface area contributed by atoms with Gasteiger partial charge >= 0.3 is 5.97 Å². The van der Waals surface area contributed by atoms with Gasteiger partial charge in [-0.2, -0.15) is 0 Å². The van der Waals surface area contributed by atoms with Gasteiger partial charge in [-0.3, -0.25) is 4.79 Å². The van der Waals surface area contributed by atoms with E-state index in [9.17, 15) is 4.79 Å². The molecule has 0 fully saturated rings. The summed E-state index contributed by atoms with van der Waals surface area (Å²) in [6, 6.07) is 0. The largest absolute Gasteiger partial charge is 0.469 e. The van der Waals surface area contributed by atoms with Crippen LogP contribution in [0.25, 0.3) is 0 Å². The lowest BCUT2D eigenvalue weighted by Crippen LogP contribution is -2.15. The minimum atomic E-state index is -0.183. The van der Waals surface area contributed by atoms with E-state index >= 15 is 0 Å². The molecule has 0 bridgehead atoms. The van der Waals surface area contributed by atoms with Crippen molar-refractivity contribution >= 4 is 5.97 Å². The first kappa shape index (κ1) is 9.99. The topological polar surface area (TPSA) is 52.3 Å². The van der Waals surface area contributed by atoms with E-state index in [1.54, 1.807) is 0 Å². The first-order valence-electron chi connectivity index (χ1n) is 4.39. The Morgan fingerprint density at radius 2 is 2.54 bits per heavy atom. The monoisotopic (exact) mass is 181 g/mol. The highest BCUT2D eigenvalue weighted by atomic mass is 16.5. The van der Waals surface area contributed by atoms with Crippen LogP contribution in [-0.4, -0.2) is 19.6 Å². The molecule has 3 heteroatoms. The van der Waals surface area contributed by atoms with Crippen molar-refractivity contribution < 1.29 is 9.53 Å². The second-order valence-corrected chi connectivity index (χ2v) is 3.16. The second-order valence-electron chi connectivity index (χ2n) is 3.16. The van der Waals surface area contributed by atoms with Gasteiger partial charge in [0.25, 0.3) is 0 Å². The molecule has 72 valence electrons. The van der Waals surface area contributed by atoms with Crippen molar-refractivity contribution in [3.63, 3.8) is 0 Å². The molecule has 0 radical (unpaired) electrons. The Morgan fingerprint density at radius 3 is 3.15 bits per heavy atom. The van der Waals surface area contributed by atoms with Crippen LogP contribution in [0.5, 0.6) is 0 Å². The van der Waals surface area contributed by atoms with Crippen molar-refractivity contribution in [1.29, 1.82) is 0 Å². The average Bonchev–Trinajstić information content (AvgIpc) is 2.18. The first-order valence-corrected chi connectivity index (χ1v) is 4.39. The fourth-order valence-corrected chi connectivity index (χ4v) is 1.37. The first-order chi connectivity index (χ1) is 6.26. The van der Waals surface area contributed by atoms with Gasteiger partial charge in [0.05, 0.1) is 13.5 Å². The number of carbonyl (C=O) groups is 1. The molecule has 0 saturated carbocycles. The Balaban J connectivity index is 2.47. The number of esters is 1. The SMILES string of the molecule is COC(=O)CC1=CC=CC(CN)C1. The Bertz CT molecular complexity index is 243. The Hall–Kier alpha value is -1.09. The van der Waals surface area contributed by atoms with E-state index in [-0.39, 0.29) is 5.97 Å². The van der Waals surface area contributed by atoms with Crippen LogP contribution in [-0.2, 0) is 9.53 Å². The van der Waals surface area contributed by atoms with Gasteiger partial charge in [0.1, 0.15) is 0 Å². The van der Waals surface area contributed by atoms with Gasteiger partial charge in [-0.05, 0) is 18.9 Å². The molecule has 0 aromatic carbocycles. The standard InChI is InChI=1S/C10H15NO2/c1-13-10(12)6-8-3-2-4-9(5-8)7-11/h2-4,9H,5-7,11H2,1H3. The lowest BCUT2D eigenvalue weighted by molar-refractivity contribution is -0.139. The van der Waals surface area contributed by atoms with Gasteiger partial charge in [-0.1, -0.05) is 23.8 Å². The zero-order valence-electron chi connectivity index (χ0n) is 7.82. The zero-order chi connectivity index (χ0) is 9.68. The predicted octanol–water partition coefficient (Wildman–Crippen LogP) is 1.01. The highest BCUT2D eigenvalue weighted by Gasteiger charge is 2.12. The van der Waals surface area contributed by atoms with Crippen LogP contribution in [0.2, 0.25) is 0 Å². The summed E-state index contributed by atoms with van der Waals surface area (Å²) in [7, 11) is 1.40. The van der Waals surface area contributed by atoms with Crippen LogP contribution in [0.15, 0.2) is 23.8 Å². The summed E-state index contributed by atoms with van der Waals surface area (Å²) in [4.78, 5) is 11.0. The van der Waals surface area contributed by atoms with Gasteiger partial charge in [0.2, 0.25) is 0 Å². The predicted molar refractivity (Wildman–Crippen MR) is 51.0 cm³/mol. The summed E-state index contributed by atoms with van der Waals surface area (Å²) in [6.07, 6.45) is 7.25. The molecule has 1 unspecified atom stereocenters. The van der Waals surface area contributed by atoms with Crippen LogP contribution in [0.1, 0.15) is 12.8 Å². The van der Waals surface area contributed by atoms with E-state index in [1.807, 2.05) is 12.2 Å². The third-order valence-corrected chi connectivity index (χ3v) is 2.14. The lowest BCUT2D eigenvalue weighted by atomic mass is 9.93. The number of ether oxygens (including phenoxy) is 1. The van der Waals surface area contributed by atoms with E-state index in [2.05, 4.69) is 10.8 Å². The minimum absolute atomic E-state index is 0.183. The van der Waals surface area contributed by atoms with Crippen LogP contribution in [0.4, 0.5) is 0 Å². The molecule has 1 atom stereocenters. The maximum absolute atomic E-state index is 11.0. The molecular weight excluding hydrogens is 166 g/mol. The molecule has 1 aliphatic carbocycles. The van der Waals surface area contributed by atoms with Crippen molar-refractivity contribution in [2.24, 2.45) is 11.7 Å². The average molecular weight is 181 g/mol. The molecule has 13 heavy (non-hydrogen) atoms. The molecule has 1 rings (SSSR count). The quantitative estimate of drug-likeness (QED) is 0.661. The fourth-order valence-electron chi connectivity index (χ4n) is 1.37. The summed E-state index contributed by atoms with van der Waals surface area (Å²) in [5.41, 5.74) is 6.64. The van der Waals surface area contributed by atoms with Crippen molar-refractivity contribution in [3.05, 3.63) is 23.8 Å². The number of carbonyl (C=O) groups excluding carboxylic acids is 1. The Morgan fingerprint density at radius 1 is 1.77 bits per heavy atom. The molecule has 0 aliphatic heterocycles. The molecule has 0 aromatic rings. The zero-order valence-corrected chi connectivity index (χ0v) is 7.82. The minimum Gasteiger partial charge on any atom is -0.469 e. The van der Waals surface area contributed by atoms with Crippen molar-refractivity contribution in [2.75, 3.05) is 13.7 Å². The van der Waals surface area contributed by atoms with Crippen molar-refractivity contribution in [2.45, 2.75) is 12.8 Å². The number of hydrogen-bond acceptors (Lipinski definition) is 3. The number of nitrogens with two attached hydrogens (primary N) is 1. The molecule has 3 nitrogen and oxygen atoms in total. The molecule has 1 aliphatic rings. The van der Waals surface area contributed by atoms with E-state index in [4.69, 9.17) is 5.73 Å². The van der Waals surface area contributed by atoms with Crippen LogP contribution < -0.4 is 5.73 Å². The van der Waals surface area contributed by atoms with Crippen molar-refractivity contribution in [1.82, 2.24) is 0 Å². The highest BCUT2D eigenvalue weighted by Crippen LogP contribution is 2.20. The molecule has 0 aromatic heterocycles. The van der Waals surface area contributed by atoms with Crippen molar-refractivity contribution in [3.8, 4) is 0 Å². The van der Waals surface area contributed by atoms with E-state index in [0.717, 1.165) is 12.0 Å². The summed E-state index contributed by atoms with van der Waals surface area (Å²) in [5.74, 6) is 0.196. The number of allylic oxidation sites excluding steroid dienone is 2. The third-order valence-electron chi connectivity index (χ3n) is 2.14. The second kappa shape index (κ2) is 4.82. The summed E-state index contributed by atoms with van der Waals surface area (Å²) in [6.45, 7) is 0.634. The molecule has 0 heterocycles. The summed E-state index contributed by atoms with van der Waals surface area (Å²) < 4.78 is 4.59. The Labute approximate surface area is 78.3 Å². The van der Waals surface area contributed by atoms with E-state index < -0.39 is 0 Å². The van der Waals surface area contributed by atoms with Gasteiger partial charge < -0.3 is 10.5 Å². The summed E-state index contributed by atoms with van der Waals surface area (Å²) >= 11 is 0. The Kier molecular flexibility index (Phi) is 3.71. The van der Waals surface area contributed by atoms with E-state index in [0.29, 0.717) is 18.9 Å². The van der Waals surface area contributed by atoms with Gasteiger partial charge in [-0.25, -0.2) is 0 Å². The smallest absolute Gasteiger partial charge is 0.309 e.